The second-order valence-electron chi connectivity index (χ2n) is 3.57. The highest BCUT2D eigenvalue weighted by Gasteiger charge is 2.09. The summed E-state index contributed by atoms with van der Waals surface area (Å²) in [5, 5.41) is 6.17. The van der Waals surface area contributed by atoms with Gasteiger partial charge in [-0.05, 0) is 31.0 Å². The van der Waals surface area contributed by atoms with Gasteiger partial charge in [0.15, 0.2) is 5.82 Å². The lowest BCUT2D eigenvalue weighted by molar-refractivity contribution is 1.05. The van der Waals surface area contributed by atoms with Crippen molar-refractivity contribution >= 4 is 5.69 Å². The summed E-state index contributed by atoms with van der Waals surface area (Å²) in [6, 6.07) is 3.89. The Bertz CT molecular complexity index is 553. The minimum absolute atomic E-state index is 0.330. The van der Waals surface area contributed by atoms with Gasteiger partial charge >= 0.3 is 5.69 Å². The average molecular weight is 204 g/mol. The zero-order chi connectivity index (χ0) is 11.0. The summed E-state index contributed by atoms with van der Waals surface area (Å²) in [5.74, 6) is 0.476. The number of nitrogens with two attached hydrogens (primary N) is 1. The molecule has 0 saturated heterocycles. The van der Waals surface area contributed by atoms with Gasteiger partial charge in [0.25, 0.3) is 0 Å². The zero-order valence-corrected chi connectivity index (χ0v) is 8.59. The number of aromatic nitrogens is 3. The number of aryl methyl sites for hydroxylation is 2. The van der Waals surface area contributed by atoms with Crippen LogP contribution in [0.5, 0.6) is 0 Å². The Hall–Kier alpha value is -2.04. The Labute approximate surface area is 86.3 Å². The fraction of sp³-hybridized carbons (Fsp3) is 0.200. The van der Waals surface area contributed by atoms with E-state index in [0.717, 1.165) is 16.7 Å². The maximum Gasteiger partial charge on any atom is 0.340 e. The molecule has 5 nitrogen and oxygen atoms in total. The smallest absolute Gasteiger partial charge is 0.340 e. The first-order valence-corrected chi connectivity index (χ1v) is 4.59. The molecule has 4 N–H and O–H groups in total. The van der Waals surface area contributed by atoms with Crippen molar-refractivity contribution < 1.29 is 0 Å². The van der Waals surface area contributed by atoms with Gasteiger partial charge in [0.2, 0.25) is 0 Å². The van der Waals surface area contributed by atoms with Crippen LogP contribution < -0.4 is 11.4 Å². The van der Waals surface area contributed by atoms with Crippen LogP contribution >= 0.6 is 0 Å². The third kappa shape index (κ3) is 1.63. The summed E-state index contributed by atoms with van der Waals surface area (Å²) in [4.78, 5) is 13.5. The predicted octanol–water partition coefficient (Wildman–Crippen LogP) is 0.964. The first-order chi connectivity index (χ1) is 7.08. The topological polar surface area (TPSA) is 87.6 Å². The van der Waals surface area contributed by atoms with Crippen LogP contribution in [-0.2, 0) is 0 Å². The molecule has 0 bridgehead atoms. The third-order valence-electron chi connectivity index (χ3n) is 2.29. The summed E-state index contributed by atoms with van der Waals surface area (Å²) in [6.07, 6.45) is 0. The van der Waals surface area contributed by atoms with Crippen LogP contribution in [0.4, 0.5) is 5.69 Å². The van der Waals surface area contributed by atoms with Gasteiger partial charge in [-0.15, -0.1) is 0 Å². The van der Waals surface area contributed by atoms with E-state index in [9.17, 15) is 4.79 Å². The lowest BCUT2D eigenvalue weighted by Crippen LogP contribution is -2.01. The number of hydrogen-bond donors (Lipinski definition) is 3. The van der Waals surface area contributed by atoms with E-state index < -0.39 is 0 Å². The molecule has 0 aliphatic carbocycles. The third-order valence-corrected chi connectivity index (χ3v) is 2.29. The van der Waals surface area contributed by atoms with Crippen LogP contribution in [0.25, 0.3) is 11.4 Å². The van der Waals surface area contributed by atoms with Gasteiger partial charge < -0.3 is 5.73 Å². The van der Waals surface area contributed by atoms with Crippen LogP contribution in [0.15, 0.2) is 16.9 Å². The van der Waals surface area contributed by atoms with E-state index in [1.54, 1.807) is 0 Å². The summed E-state index contributed by atoms with van der Waals surface area (Å²) in [7, 11) is 0. The number of rotatable bonds is 1. The molecule has 0 fully saturated rings. The number of aromatic amines is 2. The molecule has 15 heavy (non-hydrogen) atoms. The van der Waals surface area contributed by atoms with Gasteiger partial charge in [0.1, 0.15) is 0 Å². The van der Waals surface area contributed by atoms with E-state index in [0.29, 0.717) is 11.5 Å². The number of nitrogens with zero attached hydrogens (tertiary/aromatic N) is 1. The van der Waals surface area contributed by atoms with Gasteiger partial charge in [-0.1, -0.05) is 6.07 Å². The van der Waals surface area contributed by atoms with E-state index in [4.69, 9.17) is 5.73 Å². The van der Waals surface area contributed by atoms with Crippen molar-refractivity contribution in [2.75, 3.05) is 5.73 Å². The molecule has 0 amide bonds. The number of benzene rings is 1. The van der Waals surface area contributed by atoms with Gasteiger partial charge in [-0.25, -0.2) is 9.89 Å². The fourth-order valence-corrected chi connectivity index (χ4v) is 1.57. The summed E-state index contributed by atoms with van der Waals surface area (Å²) in [6.45, 7) is 3.90. The quantitative estimate of drug-likeness (QED) is 0.604. The average Bonchev–Trinajstić information content (AvgIpc) is 2.58. The minimum Gasteiger partial charge on any atom is -0.398 e. The van der Waals surface area contributed by atoms with Crippen LogP contribution in [0.2, 0.25) is 0 Å². The first-order valence-electron chi connectivity index (χ1n) is 4.59. The first kappa shape index (κ1) is 9.51. The van der Waals surface area contributed by atoms with Crippen molar-refractivity contribution in [2.24, 2.45) is 0 Å². The van der Waals surface area contributed by atoms with Crippen molar-refractivity contribution in [2.45, 2.75) is 13.8 Å². The predicted molar refractivity (Wildman–Crippen MR) is 58.5 cm³/mol. The molecule has 0 radical (unpaired) electrons. The molecule has 1 heterocycles. The van der Waals surface area contributed by atoms with E-state index in [1.165, 1.54) is 0 Å². The molecule has 0 aliphatic heterocycles. The maximum absolute atomic E-state index is 10.9. The summed E-state index contributed by atoms with van der Waals surface area (Å²) < 4.78 is 0. The van der Waals surface area contributed by atoms with Crippen molar-refractivity contribution in [1.82, 2.24) is 15.2 Å². The van der Waals surface area contributed by atoms with Crippen LogP contribution in [-0.4, -0.2) is 15.2 Å². The number of H-pyrrole nitrogens is 2. The number of nitrogen functional groups attached to an aromatic ring is 1. The van der Waals surface area contributed by atoms with Gasteiger partial charge in [-0.2, -0.15) is 5.10 Å². The standard InChI is InChI=1S/C10H12N4O/c1-5-3-6(2)8(11)7(4-5)9-12-10(15)14-13-9/h3-4H,11H2,1-2H3,(H2,12,13,14,15). The molecular formula is C10H12N4O. The van der Waals surface area contributed by atoms with E-state index in [2.05, 4.69) is 15.2 Å². The van der Waals surface area contributed by atoms with E-state index in [-0.39, 0.29) is 5.69 Å². The second-order valence-corrected chi connectivity index (χ2v) is 3.57. The van der Waals surface area contributed by atoms with Crippen LogP contribution in [0, 0.1) is 13.8 Å². The molecule has 2 aromatic rings. The Balaban J connectivity index is 2.67. The Morgan fingerprint density at radius 1 is 1.33 bits per heavy atom. The number of anilines is 1. The molecule has 1 aromatic carbocycles. The van der Waals surface area contributed by atoms with Gasteiger partial charge in [0, 0.05) is 11.3 Å². The van der Waals surface area contributed by atoms with Gasteiger partial charge in [0.05, 0.1) is 0 Å². The lowest BCUT2D eigenvalue weighted by Gasteiger charge is -2.07. The normalized spacial score (nSPS) is 10.5. The molecule has 5 heteroatoms. The Kier molecular flexibility index (Phi) is 2.07. The molecule has 0 unspecified atom stereocenters. The van der Waals surface area contributed by atoms with Crippen molar-refractivity contribution in [3.05, 3.63) is 33.7 Å². The van der Waals surface area contributed by atoms with Crippen LogP contribution in [0.3, 0.4) is 0 Å². The lowest BCUT2D eigenvalue weighted by atomic mass is 10.0. The van der Waals surface area contributed by atoms with Crippen molar-refractivity contribution in [1.29, 1.82) is 0 Å². The molecule has 0 atom stereocenters. The highest BCUT2D eigenvalue weighted by molar-refractivity contribution is 5.74. The van der Waals surface area contributed by atoms with Gasteiger partial charge in [-0.3, -0.25) is 4.98 Å². The highest BCUT2D eigenvalue weighted by Crippen LogP contribution is 2.26. The number of hydrogen-bond acceptors (Lipinski definition) is 3. The fourth-order valence-electron chi connectivity index (χ4n) is 1.57. The molecule has 2 rings (SSSR count). The zero-order valence-electron chi connectivity index (χ0n) is 8.59. The van der Waals surface area contributed by atoms with Crippen molar-refractivity contribution in [3.63, 3.8) is 0 Å². The number of nitrogens with one attached hydrogen (secondary N) is 2. The van der Waals surface area contributed by atoms with Crippen LogP contribution in [0.1, 0.15) is 11.1 Å². The summed E-state index contributed by atoms with van der Waals surface area (Å²) in [5.41, 5.74) is 9.05. The summed E-state index contributed by atoms with van der Waals surface area (Å²) >= 11 is 0. The van der Waals surface area contributed by atoms with Crippen molar-refractivity contribution in [3.8, 4) is 11.4 Å². The molecular weight excluding hydrogens is 192 g/mol. The molecule has 78 valence electrons. The minimum atomic E-state index is -0.330. The molecule has 0 saturated carbocycles. The highest BCUT2D eigenvalue weighted by atomic mass is 16.1. The Morgan fingerprint density at radius 3 is 2.67 bits per heavy atom. The van der Waals surface area contributed by atoms with E-state index in [1.807, 2.05) is 26.0 Å². The second kappa shape index (κ2) is 3.27. The monoisotopic (exact) mass is 204 g/mol. The molecule has 1 aromatic heterocycles. The molecule has 0 spiro atoms. The maximum atomic E-state index is 10.9. The largest absolute Gasteiger partial charge is 0.398 e. The molecule has 0 aliphatic rings. The SMILES string of the molecule is Cc1cc(C)c(N)c(-c2n[nH]c(=O)[nH]2)c1. The Morgan fingerprint density at radius 2 is 2.07 bits per heavy atom. The van der Waals surface area contributed by atoms with E-state index >= 15 is 0 Å².